The van der Waals surface area contributed by atoms with Gasteiger partial charge in [-0.1, -0.05) is 48.9 Å². The van der Waals surface area contributed by atoms with E-state index in [9.17, 15) is 9.59 Å². The van der Waals surface area contributed by atoms with E-state index < -0.39 is 0 Å². The van der Waals surface area contributed by atoms with Crippen LogP contribution in [0.2, 0.25) is 5.02 Å². The molecule has 0 radical (unpaired) electrons. The molecule has 5 heteroatoms. The summed E-state index contributed by atoms with van der Waals surface area (Å²) in [5.74, 6) is 1.55. The molecule has 0 bridgehead atoms. The zero-order valence-electron chi connectivity index (χ0n) is 17.4. The highest BCUT2D eigenvalue weighted by Crippen LogP contribution is 2.63. The molecular weight excluding hydrogens is 398 g/mol. The molecule has 1 amide bonds. The second-order valence-electron chi connectivity index (χ2n) is 8.54. The Kier molecular flexibility index (Phi) is 6.14. The van der Waals surface area contributed by atoms with Gasteiger partial charge in [-0.15, -0.1) is 0 Å². The smallest absolute Gasteiger partial charge is 0.313 e. The molecule has 158 valence electrons. The summed E-state index contributed by atoms with van der Waals surface area (Å²) in [6, 6.07) is 17.1. The van der Waals surface area contributed by atoms with E-state index in [1.807, 2.05) is 30.3 Å². The van der Waals surface area contributed by atoms with Crippen LogP contribution in [0.5, 0.6) is 0 Å². The third-order valence-corrected chi connectivity index (χ3v) is 7.21. The van der Waals surface area contributed by atoms with E-state index in [0.29, 0.717) is 34.3 Å². The number of carbonyl (C=O) groups excluding carboxylic acids is 2. The molecular formula is C25H28ClNO3. The summed E-state index contributed by atoms with van der Waals surface area (Å²) in [5.41, 5.74) is 1.67. The number of hydrogen-bond donors (Lipinski definition) is 1. The fraction of sp³-hybridized carbons (Fsp3) is 0.440. The number of halogens is 1. The van der Waals surface area contributed by atoms with Gasteiger partial charge in [0.2, 0.25) is 0 Å². The Hall–Kier alpha value is -2.33. The van der Waals surface area contributed by atoms with Crippen LogP contribution in [0.4, 0.5) is 0 Å². The normalized spacial score (nSPS) is 26.4. The highest BCUT2D eigenvalue weighted by Gasteiger charge is 2.60. The van der Waals surface area contributed by atoms with E-state index in [1.54, 1.807) is 24.3 Å². The zero-order valence-corrected chi connectivity index (χ0v) is 18.1. The fourth-order valence-electron chi connectivity index (χ4n) is 5.51. The topological polar surface area (TPSA) is 55.4 Å². The number of fused-ring (bicyclic) bond motifs is 1. The van der Waals surface area contributed by atoms with Gasteiger partial charge in [-0.3, -0.25) is 9.59 Å². The molecule has 2 unspecified atom stereocenters. The minimum Gasteiger partial charge on any atom is -0.469 e. The van der Waals surface area contributed by atoms with Crippen molar-refractivity contribution in [3.8, 4) is 0 Å². The zero-order chi connectivity index (χ0) is 21.3. The van der Waals surface area contributed by atoms with Crippen molar-refractivity contribution < 1.29 is 14.3 Å². The van der Waals surface area contributed by atoms with Gasteiger partial charge in [-0.2, -0.15) is 0 Å². The van der Waals surface area contributed by atoms with Gasteiger partial charge in [0.25, 0.3) is 5.91 Å². The number of rotatable bonds is 7. The van der Waals surface area contributed by atoms with Crippen LogP contribution in [0.25, 0.3) is 0 Å². The summed E-state index contributed by atoms with van der Waals surface area (Å²) in [4.78, 5) is 25.2. The quantitative estimate of drug-likeness (QED) is 0.629. The van der Waals surface area contributed by atoms with Crippen molar-refractivity contribution in [1.29, 1.82) is 0 Å². The average molecular weight is 426 g/mol. The second-order valence-corrected chi connectivity index (χ2v) is 8.98. The molecule has 2 fully saturated rings. The Labute approximate surface area is 183 Å². The molecule has 2 saturated carbocycles. The monoisotopic (exact) mass is 425 g/mol. The number of ether oxygens (including phenoxy) is 1. The molecule has 6 atom stereocenters. The van der Waals surface area contributed by atoms with Crippen LogP contribution in [0.1, 0.15) is 48.0 Å². The molecule has 30 heavy (non-hydrogen) atoms. The van der Waals surface area contributed by atoms with Crippen LogP contribution in [-0.2, 0) is 9.53 Å². The van der Waals surface area contributed by atoms with Gasteiger partial charge in [0.15, 0.2) is 0 Å². The van der Waals surface area contributed by atoms with Crippen LogP contribution in [0.3, 0.4) is 0 Å². The maximum absolute atomic E-state index is 12.6. The Morgan fingerprint density at radius 2 is 1.70 bits per heavy atom. The van der Waals surface area contributed by atoms with Gasteiger partial charge in [0.05, 0.1) is 13.0 Å². The van der Waals surface area contributed by atoms with Crippen molar-refractivity contribution in [3.05, 3.63) is 70.7 Å². The summed E-state index contributed by atoms with van der Waals surface area (Å²) in [7, 11) is 1.47. The summed E-state index contributed by atoms with van der Waals surface area (Å²) in [6.07, 6.45) is 2.93. The molecule has 2 aliphatic rings. The average Bonchev–Trinajstić information content (AvgIpc) is 3.25. The predicted molar refractivity (Wildman–Crippen MR) is 117 cm³/mol. The lowest BCUT2D eigenvalue weighted by Gasteiger charge is -2.26. The lowest BCUT2D eigenvalue weighted by Crippen LogP contribution is -2.37. The first-order chi connectivity index (χ1) is 14.5. The van der Waals surface area contributed by atoms with Crippen LogP contribution in [0.15, 0.2) is 54.6 Å². The molecule has 2 aliphatic carbocycles. The van der Waals surface area contributed by atoms with Crippen molar-refractivity contribution in [3.63, 3.8) is 0 Å². The molecule has 4 nitrogen and oxygen atoms in total. The predicted octanol–water partition coefficient (Wildman–Crippen LogP) is 5.08. The molecule has 0 aromatic heterocycles. The number of methoxy groups -OCH3 is 1. The largest absolute Gasteiger partial charge is 0.469 e. The minimum atomic E-state index is -0.201. The summed E-state index contributed by atoms with van der Waals surface area (Å²) >= 11 is 5.93. The summed E-state index contributed by atoms with van der Waals surface area (Å²) < 4.78 is 5.13. The van der Waals surface area contributed by atoms with E-state index in [4.69, 9.17) is 16.3 Å². The fourth-order valence-corrected chi connectivity index (χ4v) is 5.64. The molecule has 1 N–H and O–H groups in total. The van der Waals surface area contributed by atoms with Gasteiger partial charge < -0.3 is 10.1 Å². The number of amides is 1. The van der Waals surface area contributed by atoms with Crippen LogP contribution >= 0.6 is 11.6 Å². The lowest BCUT2D eigenvalue weighted by atomic mass is 9.81. The van der Waals surface area contributed by atoms with E-state index >= 15 is 0 Å². The van der Waals surface area contributed by atoms with Crippen LogP contribution in [-0.4, -0.2) is 25.0 Å². The summed E-state index contributed by atoms with van der Waals surface area (Å²) in [5, 5.41) is 3.85. The number of benzene rings is 2. The molecule has 2 aromatic carbocycles. The van der Waals surface area contributed by atoms with E-state index in [2.05, 4.69) is 12.2 Å². The highest BCUT2D eigenvalue weighted by molar-refractivity contribution is 6.30. The standard InChI is InChI=1S/C25H28ClNO3/c1-3-21(27-24(28)16-9-11-18(26)12-10-16)23-19-13-17(14-20(19)23)22(25(29)30-2)15-7-5-4-6-8-15/h4-12,17,19-23H,3,13-14H2,1-2H3,(H,27,28)/t17?,19-,20+,21-,22+,23?/m1/s1. The first-order valence-electron chi connectivity index (χ1n) is 10.7. The number of carbonyl (C=O) groups is 2. The van der Waals surface area contributed by atoms with Crippen molar-refractivity contribution in [1.82, 2.24) is 5.32 Å². The number of hydrogen-bond acceptors (Lipinski definition) is 3. The Morgan fingerprint density at radius 3 is 2.27 bits per heavy atom. The Bertz CT molecular complexity index is 886. The van der Waals surface area contributed by atoms with E-state index in [1.165, 1.54) is 7.11 Å². The Morgan fingerprint density at radius 1 is 1.07 bits per heavy atom. The summed E-state index contributed by atoms with van der Waals surface area (Å²) in [6.45, 7) is 2.12. The third-order valence-electron chi connectivity index (χ3n) is 6.96. The van der Waals surface area contributed by atoms with Crippen LogP contribution < -0.4 is 5.32 Å². The molecule has 4 rings (SSSR count). The maximum Gasteiger partial charge on any atom is 0.313 e. The third kappa shape index (κ3) is 4.11. The SMILES string of the molecule is CC[C@@H](NC(=O)c1ccc(Cl)cc1)C1[C@H]2CC([C@@H](C(=O)OC)c3ccccc3)C[C@@H]12. The number of esters is 1. The lowest BCUT2D eigenvalue weighted by molar-refractivity contribution is -0.144. The van der Waals surface area contributed by atoms with Crippen LogP contribution in [0, 0.1) is 23.7 Å². The minimum absolute atomic E-state index is 0.0447. The molecule has 0 heterocycles. The number of nitrogens with one attached hydrogen (secondary N) is 1. The van der Waals surface area contributed by atoms with Crippen molar-refractivity contribution in [2.45, 2.75) is 38.1 Å². The van der Waals surface area contributed by atoms with Crippen molar-refractivity contribution in [2.75, 3.05) is 7.11 Å². The van der Waals surface area contributed by atoms with Gasteiger partial charge in [-0.25, -0.2) is 0 Å². The van der Waals surface area contributed by atoms with Crippen molar-refractivity contribution >= 4 is 23.5 Å². The molecule has 0 aliphatic heterocycles. The first-order valence-corrected chi connectivity index (χ1v) is 11.1. The molecule has 0 saturated heterocycles. The molecule has 2 aromatic rings. The van der Waals surface area contributed by atoms with Gasteiger partial charge in [0, 0.05) is 16.6 Å². The van der Waals surface area contributed by atoms with Crippen molar-refractivity contribution in [2.24, 2.45) is 23.7 Å². The van der Waals surface area contributed by atoms with Gasteiger partial charge >= 0.3 is 5.97 Å². The Balaban J connectivity index is 1.40. The second kappa shape index (κ2) is 8.81. The van der Waals surface area contributed by atoms with E-state index in [0.717, 1.165) is 24.8 Å². The van der Waals surface area contributed by atoms with Gasteiger partial charge in [-0.05, 0) is 72.8 Å². The maximum atomic E-state index is 12.6. The first kappa shape index (κ1) is 20.9. The van der Waals surface area contributed by atoms with Gasteiger partial charge in [0.1, 0.15) is 0 Å². The van der Waals surface area contributed by atoms with E-state index in [-0.39, 0.29) is 23.8 Å². The highest BCUT2D eigenvalue weighted by atomic mass is 35.5. The molecule has 0 spiro atoms.